The van der Waals surface area contributed by atoms with Gasteiger partial charge in [0.15, 0.2) is 31.7 Å². The lowest BCUT2D eigenvalue weighted by molar-refractivity contribution is -0.140. The number of ether oxygens (including phenoxy) is 8. The summed E-state index contributed by atoms with van der Waals surface area (Å²) in [5, 5.41) is 28.8. The number of thioether (sulfide) groups is 2. The van der Waals surface area contributed by atoms with E-state index in [1.54, 1.807) is 50.2 Å². The third-order valence-electron chi connectivity index (χ3n) is 8.51. The molecule has 57 heavy (non-hydrogen) atoms. The average molecular weight is 835 g/mol. The summed E-state index contributed by atoms with van der Waals surface area (Å²) in [6.07, 6.45) is 0. The molecule has 0 unspecified atom stereocenters. The van der Waals surface area contributed by atoms with Crippen LogP contribution < -0.4 is 30.4 Å². The minimum atomic E-state index is -0.929. The molecule has 0 amide bonds. The van der Waals surface area contributed by atoms with E-state index in [1.807, 2.05) is 0 Å². The van der Waals surface area contributed by atoms with Crippen molar-refractivity contribution in [3.63, 3.8) is 0 Å². The molecule has 2 aliphatic heterocycles. The standard InChI is InChI=1S/C38H38N6O10S3/c1-7-51-35(45)31-27(53-33(41)21(15-39)29(31)19-9-11-23(47-3)25(13-19)49-5)17-55-37-43-44-38(57-37)56-18-28-32(36(46)52-8-2)30(22(16-40)34(42)54-28)20-10-12-24(48-4)26(14-20)50-6/h9-14,29-30H,7-8,17-18,41-42H2,1-6H3/t29-,30-/m1/s1. The summed E-state index contributed by atoms with van der Waals surface area (Å²) in [7, 11) is 5.95. The lowest BCUT2D eigenvalue weighted by atomic mass is 9.83. The quantitative estimate of drug-likeness (QED) is 0.136. The Hall–Kier alpha value is -6.02. The van der Waals surface area contributed by atoms with Gasteiger partial charge in [0.1, 0.15) is 34.8 Å². The van der Waals surface area contributed by atoms with Crippen LogP contribution in [-0.2, 0) is 28.5 Å². The number of methoxy groups -OCH3 is 4. The number of allylic oxidation sites excluding steroid dienone is 2. The molecule has 19 heteroatoms. The Morgan fingerprint density at radius 3 is 1.42 bits per heavy atom. The van der Waals surface area contributed by atoms with Crippen molar-refractivity contribution in [2.45, 2.75) is 34.4 Å². The summed E-state index contributed by atoms with van der Waals surface area (Å²) in [5.41, 5.74) is 13.9. The molecule has 0 saturated heterocycles. The van der Waals surface area contributed by atoms with Crippen LogP contribution in [0.2, 0.25) is 0 Å². The molecule has 0 radical (unpaired) electrons. The lowest BCUT2D eigenvalue weighted by Crippen LogP contribution is -2.27. The van der Waals surface area contributed by atoms with Crippen LogP contribution >= 0.6 is 34.9 Å². The van der Waals surface area contributed by atoms with Gasteiger partial charge < -0.3 is 49.4 Å². The minimum absolute atomic E-state index is 0.0285. The molecule has 1 aromatic heterocycles. The Morgan fingerprint density at radius 2 is 1.09 bits per heavy atom. The number of hydrogen-bond acceptors (Lipinski definition) is 19. The maximum absolute atomic E-state index is 13.5. The Balaban J connectivity index is 1.43. The number of rotatable bonds is 16. The molecule has 0 aliphatic carbocycles. The van der Waals surface area contributed by atoms with Gasteiger partial charge >= 0.3 is 11.9 Å². The van der Waals surface area contributed by atoms with E-state index in [0.29, 0.717) is 42.8 Å². The molecule has 0 fully saturated rings. The maximum atomic E-state index is 13.5. The lowest BCUT2D eigenvalue weighted by Gasteiger charge is -2.28. The van der Waals surface area contributed by atoms with Gasteiger partial charge in [-0.1, -0.05) is 47.0 Å². The fourth-order valence-electron chi connectivity index (χ4n) is 6.02. The fraction of sp³-hybridized carbons (Fsp3) is 0.316. The summed E-state index contributed by atoms with van der Waals surface area (Å²) < 4.78 is 45.4. The van der Waals surface area contributed by atoms with Crippen LogP contribution in [0.1, 0.15) is 36.8 Å². The molecular formula is C38H38N6O10S3. The number of esters is 2. The van der Waals surface area contributed by atoms with Crippen molar-refractivity contribution in [2.75, 3.05) is 53.2 Å². The second kappa shape index (κ2) is 19.2. The third-order valence-corrected chi connectivity index (χ3v) is 11.7. The van der Waals surface area contributed by atoms with Crippen LogP contribution in [0.15, 0.2) is 90.7 Å². The molecule has 5 rings (SSSR count). The van der Waals surface area contributed by atoms with E-state index in [1.165, 1.54) is 63.3 Å². The minimum Gasteiger partial charge on any atom is -0.493 e. The van der Waals surface area contributed by atoms with Gasteiger partial charge in [0.2, 0.25) is 11.8 Å². The van der Waals surface area contributed by atoms with Gasteiger partial charge in [-0.2, -0.15) is 10.5 Å². The first kappa shape index (κ1) is 42.1. The molecular weight excluding hydrogens is 797 g/mol. The van der Waals surface area contributed by atoms with Gasteiger partial charge in [-0.15, -0.1) is 10.2 Å². The molecule has 2 aliphatic rings. The molecule has 3 aromatic rings. The highest BCUT2D eigenvalue weighted by atomic mass is 32.2. The predicted molar refractivity (Wildman–Crippen MR) is 209 cm³/mol. The zero-order valence-electron chi connectivity index (χ0n) is 31.7. The number of aromatic nitrogens is 2. The predicted octanol–water partition coefficient (Wildman–Crippen LogP) is 5.41. The van der Waals surface area contributed by atoms with E-state index in [-0.39, 0.29) is 70.3 Å². The van der Waals surface area contributed by atoms with Gasteiger partial charge in [0.25, 0.3) is 0 Å². The SMILES string of the molecule is CCOC(=O)C1=C(CSc2nnc(SCC3=C(C(=O)OCC)[C@H](c4ccc(OC)c(OC)c4)C(C#N)=C(N)O3)s2)OC(N)=C(C#N)[C@H]1c1ccc(OC)c(OC)c1. The highest BCUT2D eigenvalue weighted by Gasteiger charge is 2.40. The highest BCUT2D eigenvalue weighted by Crippen LogP contribution is 2.46. The maximum Gasteiger partial charge on any atom is 0.338 e. The van der Waals surface area contributed by atoms with Crippen LogP contribution in [0.4, 0.5) is 0 Å². The summed E-state index contributed by atoms with van der Waals surface area (Å²) >= 11 is 3.68. The van der Waals surface area contributed by atoms with Crippen molar-refractivity contribution in [3.05, 3.63) is 93.1 Å². The third kappa shape index (κ3) is 9.01. The molecule has 0 spiro atoms. The van der Waals surface area contributed by atoms with Crippen LogP contribution in [0, 0.1) is 22.7 Å². The van der Waals surface area contributed by atoms with Crippen molar-refractivity contribution in [2.24, 2.45) is 11.5 Å². The van der Waals surface area contributed by atoms with Crippen LogP contribution in [-0.4, -0.2) is 75.3 Å². The number of carbonyl (C=O) groups excluding carboxylic acids is 2. The number of carbonyl (C=O) groups is 2. The van der Waals surface area contributed by atoms with E-state index < -0.39 is 23.8 Å². The molecule has 0 saturated carbocycles. The molecule has 2 aromatic carbocycles. The Kier molecular flexibility index (Phi) is 14.2. The van der Waals surface area contributed by atoms with Crippen molar-refractivity contribution >= 4 is 46.8 Å². The average Bonchev–Trinajstić information content (AvgIpc) is 3.68. The van der Waals surface area contributed by atoms with Gasteiger partial charge in [0, 0.05) is 0 Å². The first-order chi connectivity index (χ1) is 27.6. The normalized spacial score (nSPS) is 16.6. The Bertz CT molecular complexity index is 2100. The number of nitriles is 2. The molecule has 2 atom stereocenters. The monoisotopic (exact) mass is 834 g/mol. The Labute approximate surface area is 341 Å². The van der Waals surface area contributed by atoms with E-state index in [4.69, 9.17) is 49.4 Å². The Morgan fingerprint density at radius 1 is 0.702 bits per heavy atom. The largest absolute Gasteiger partial charge is 0.493 e. The number of nitrogens with zero attached hydrogens (tertiary/aromatic N) is 4. The van der Waals surface area contributed by atoms with Crippen molar-refractivity contribution in [3.8, 4) is 35.1 Å². The van der Waals surface area contributed by atoms with Gasteiger partial charge in [0.05, 0.1) is 76.1 Å². The van der Waals surface area contributed by atoms with Gasteiger partial charge in [-0.05, 0) is 49.2 Å². The van der Waals surface area contributed by atoms with Crippen molar-refractivity contribution in [1.82, 2.24) is 10.2 Å². The van der Waals surface area contributed by atoms with Gasteiger partial charge in [-0.3, -0.25) is 0 Å². The van der Waals surface area contributed by atoms with E-state index in [9.17, 15) is 20.1 Å². The second-order valence-corrected chi connectivity index (χ2v) is 15.0. The summed E-state index contributed by atoms with van der Waals surface area (Å²) in [6.45, 7) is 3.49. The highest BCUT2D eigenvalue weighted by molar-refractivity contribution is 8.03. The van der Waals surface area contributed by atoms with E-state index in [0.717, 1.165) is 0 Å². The molecule has 3 heterocycles. The second-order valence-electron chi connectivity index (χ2n) is 11.6. The van der Waals surface area contributed by atoms with Crippen LogP contribution in [0.25, 0.3) is 0 Å². The first-order valence-corrected chi connectivity index (χ1v) is 19.8. The van der Waals surface area contributed by atoms with E-state index in [2.05, 4.69) is 22.3 Å². The van der Waals surface area contributed by atoms with Crippen LogP contribution in [0.5, 0.6) is 23.0 Å². The summed E-state index contributed by atoms with van der Waals surface area (Å²) in [4.78, 5) is 27.0. The molecule has 4 N–H and O–H groups in total. The van der Waals surface area contributed by atoms with E-state index >= 15 is 0 Å². The smallest absolute Gasteiger partial charge is 0.338 e. The zero-order valence-corrected chi connectivity index (χ0v) is 34.1. The van der Waals surface area contributed by atoms with Crippen molar-refractivity contribution in [1.29, 1.82) is 10.5 Å². The zero-order chi connectivity index (χ0) is 41.2. The number of hydrogen-bond donors (Lipinski definition) is 2. The van der Waals surface area contributed by atoms with Crippen molar-refractivity contribution < 1.29 is 47.5 Å². The molecule has 0 bridgehead atoms. The van der Waals surface area contributed by atoms with Crippen LogP contribution in [0.3, 0.4) is 0 Å². The number of nitrogens with two attached hydrogens (primary N) is 2. The summed E-state index contributed by atoms with van der Waals surface area (Å²) in [5.74, 6) is -1.35. The molecule has 298 valence electrons. The number of benzene rings is 2. The molecule has 16 nitrogen and oxygen atoms in total. The summed E-state index contributed by atoms with van der Waals surface area (Å²) in [6, 6.07) is 14.3. The van der Waals surface area contributed by atoms with Gasteiger partial charge in [-0.25, -0.2) is 9.59 Å². The topological polar surface area (TPSA) is 233 Å². The first-order valence-electron chi connectivity index (χ1n) is 17.1. The fourth-order valence-corrected chi connectivity index (χ4v) is 8.92.